The SMILES string of the molecule is CCOP(O)OP(=O)(O)O. The molecule has 6 nitrogen and oxygen atoms in total. The van der Waals surface area contributed by atoms with E-state index in [1.54, 1.807) is 6.92 Å². The van der Waals surface area contributed by atoms with E-state index >= 15 is 0 Å². The Morgan fingerprint density at radius 3 is 2.40 bits per heavy atom. The Balaban J connectivity index is 3.58. The molecule has 0 saturated heterocycles. The zero-order valence-corrected chi connectivity index (χ0v) is 6.96. The molecule has 0 spiro atoms. The topological polar surface area (TPSA) is 96.2 Å². The van der Waals surface area contributed by atoms with Crippen LogP contribution in [0.5, 0.6) is 0 Å². The second kappa shape index (κ2) is 4.36. The summed E-state index contributed by atoms with van der Waals surface area (Å²) in [6.45, 7) is 1.71. The Hall–Kier alpha value is 0.460. The van der Waals surface area contributed by atoms with E-state index in [0.29, 0.717) is 0 Å². The van der Waals surface area contributed by atoms with Gasteiger partial charge < -0.3 is 19.2 Å². The van der Waals surface area contributed by atoms with E-state index < -0.39 is 16.4 Å². The minimum absolute atomic E-state index is 0.141. The fourth-order valence-electron chi connectivity index (χ4n) is 0.225. The predicted molar refractivity (Wildman–Crippen MR) is 33.9 cm³/mol. The number of rotatable bonds is 4. The van der Waals surface area contributed by atoms with E-state index in [1.165, 1.54) is 0 Å². The van der Waals surface area contributed by atoms with E-state index in [9.17, 15) is 4.57 Å². The minimum Gasteiger partial charge on any atom is -0.328 e. The monoisotopic (exact) mass is 190 g/mol. The van der Waals surface area contributed by atoms with Gasteiger partial charge in [0.15, 0.2) is 0 Å². The van der Waals surface area contributed by atoms with Crippen LogP contribution in [0, 0.1) is 0 Å². The number of hydrogen-bond donors (Lipinski definition) is 3. The summed E-state index contributed by atoms with van der Waals surface area (Å²) < 4.78 is 18.0. The lowest BCUT2D eigenvalue weighted by Gasteiger charge is -2.08. The highest BCUT2D eigenvalue weighted by atomic mass is 31.3. The molecule has 8 heteroatoms. The molecule has 0 aromatic rings. The van der Waals surface area contributed by atoms with Crippen molar-refractivity contribution in [3.05, 3.63) is 0 Å². The minimum atomic E-state index is -4.60. The average Bonchev–Trinajstić information content (AvgIpc) is 1.59. The van der Waals surface area contributed by atoms with Gasteiger partial charge >= 0.3 is 16.4 Å². The average molecular weight is 190 g/mol. The number of hydrogen-bond acceptors (Lipinski definition) is 4. The lowest BCUT2D eigenvalue weighted by molar-refractivity contribution is 0.229. The molecule has 0 aromatic carbocycles. The zero-order valence-electron chi connectivity index (χ0n) is 5.17. The van der Waals surface area contributed by atoms with Crippen molar-refractivity contribution < 1.29 is 28.1 Å². The summed E-state index contributed by atoms with van der Waals surface area (Å²) in [5.41, 5.74) is 0. The van der Waals surface area contributed by atoms with E-state index in [0.717, 1.165) is 0 Å². The van der Waals surface area contributed by atoms with Crippen molar-refractivity contribution in [2.75, 3.05) is 6.61 Å². The Kier molecular flexibility index (Phi) is 4.56. The van der Waals surface area contributed by atoms with Gasteiger partial charge in [0.1, 0.15) is 0 Å². The van der Waals surface area contributed by atoms with Crippen molar-refractivity contribution in [1.82, 2.24) is 0 Å². The van der Waals surface area contributed by atoms with Crippen LogP contribution in [-0.2, 0) is 13.4 Å². The molecule has 0 saturated carbocycles. The third kappa shape index (κ3) is 6.58. The number of phosphoric acid groups is 1. The lowest BCUT2D eigenvalue weighted by atomic mass is 10.9. The predicted octanol–water partition coefficient (Wildman–Crippen LogP) is 0.351. The summed E-state index contributed by atoms with van der Waals surface area (Å²) in [7, 11) is -7.03. The van der Waals surface area contributed by atoms with Crippen molar-refractivity contribution in [2.45, 2.75) is 6.92 Å². The van der Waals surface area contributed by atoms with Crippen LogP contribution in [0.15, 0.2) is 0 Å². The van der Waals surface area contributed by atoms with Gasteiger partial charge in [-0.2, -0.15) is 0 Å². The first-order chi connectivity index (χ1) is 4.45. The van der Waals surface area contributed by atoms with Crippen molar-refractivity contribution in [2.24, 2.45) is 0 Å². The molecule has 0 radical (unpaired) electrons. The normalized spacial score (nSPS) is 15.2. The van der Waals surface area contributed by atoms with Gasteiger partial charge in [0.2, 0.25) is 0 Å². The Bertz CT molecular complexity index is 130. The van der Waals surface area contributed by atoms with Gasteiger partial charge in [-0.1, -0.05) is 0 Å². The van der Waals surface area contributed by atoms with Crippen LogP contribution in [0.4, 0.5) is 0 Å². The van der Waals surface area contributed by atoms with E-state index in [4.69, 9.17) is 14.7 Å². The van der Waals surface area contributed by atoms with Gasteiger partial charge in [-0.15, -0.1) is 0 Å². The molecule has 0 aliphatic rings. The molecule has 62 valence electrons. The van der Waals surface area contributed by atoms with Crippen LogP contribution in [-0.4, -0.2) is 21.3 Å². The van der Waals surface area contributed by atoms with Crippen molar-refractivity contribution in [1.29, 1.82) is 0 Å². The first-order valence-electron chi connectivity index (χ1n) is 2.33. The molecule has 0 amide bonds. The molecule has 0 heterocycles. The molecule has 0 fully saturated rings. The molecule has 3 N–H and O–H groups in total. The summed E-state index contributed by atoms with van der Waals surface area (Å²) in [5, 5.41) is 0. The summed E-state index contributed by atoms with van der Waals surface area (Å²) in [5.74, 6) is 0. The maximum Gasteiger partial charge on any atom is 0.476 e. The van der Waals surface area contributed by atoms with Crippen molar-refractivity contribution in [3.63, 3.8) is 0 Å². The van der Waals surface area contributed by atoms with Gasteiger partial charge in [0.05, 0.1) is 6.61 Å². The van der Waals surface area contributed by atoms with Gasteiger partial charge in [0.25, 0.3) is 0 Å². The standard InChI is InChI=1S/C2H8O6P2/c1-2-7-9(3)8-10(4,5)6/h3H,2H2,1H3,(H2,4,5,6). The third-order valence-corrected chi connectivity index (χ3v) is 2.30. The molecule has 0 bridgehead atoms. The lowest BCUT2D eigenvalue weighted by Crippen LogP contribution is -1.87. The second-order valence-electron chi connectivity index (χ2n) is 1.23. The fraction of sp³-hybridized carbons (Fsp3) is 1.00. The van der Waals surface area contributed by atoms with E-state index in [-0.39, 0.29) is 6.61 Å². The van der Waals surface area contributed by atoms with Crippen molar-refractivity contribution in [3.8, 4) is 0 Å². The first kappa shape index (κ1) is 10.5. The molecular formula is C2H8O6P2. The Morgan fingerprint density at radius 1 is 1.60 bits per heavy atom. The highest BCUT2D eigenvalue weighted by Gasteiger charge is 2.21. The molecule has 1 atom stereocenters. The molecule has 10 heavy (non-hydrogen) atoms. The third-order valence-electron chi connectivity index (χ3n) is 0.416. The highest BCUT2D eigenvalue weighted by Crippen LogP contribution is 2.51. The van der Waals surface area contributed by atoms with Crippen LogP contribution in [0.2, 0.25) is 0 Å². The summed E-state index contributed by atoms with van der Waals surface area (Å²) in [6, 6.07) is 0. The fourth-order valence-corrected chi connectivity index (χ4v) is 1.36. The van der Waals surface area contributed by atoms with E-state index in [2.05, 4.69) is 8.83 Å². The molecule has 0 aliphatic heterocycles. The maximum absolute atomic E-state index is 9.96. The molecular weight excluding hydrogens is 182 g/mol. The molecule has 0 rings (SSSR count). The largest absolute Gasteiger partial charge is 0.476 e. The van der Waals surface area contributed by atoms with Crippen LogP contribution < -0.4 is 0 Å². The van der Waals surface area contributed by atoms with Gasteiger partial charge in [-0.25, -0.2) is 8.88 Å². The Morgan fingerprint density at radius 2 is 2.10 bits per heavy atom. The first-order valence-corrected chi connectivity index (χ1v) is 4.99. The summed E-state index contributed by atoms with van der Waals surface area (Å²) >= 11 is 0. The smallest absolute Gasteiger partial charge is 0.328 e. The quantitative estimate of drug-likeness (QED) is 0.553. The van der Waals surface area contributed by atoms with Crippen LogP contribution in [0.3, 0.4) is 0 Å². The molecule has 1 unspecified atom stereocenters. The van der Waals surface area contributed by atoms with Crippen LogP contribution in [0.1, 0.15) is 6.92 Å². The molecule has 0 aliphatic carbocycles. The zero-order chi connectivity index (χ0) is 8.20. The van der Waals surface area contributed by atoms with Gasteiger partial charge in [-0.3, -0.25) is 0 Å². The Labute approximate surface area is 59.0 Å². The van der Waals surface area contributed by atoms with Crippen molar-refractivity contribution >= 4 is 16.4 Å². The van der Waals surface area contributed by atoms with E-state index in [1.807, 2.05) is 0 Å². The van der Waals surface area contributed by atoms with Crippen LogP contribution in [0.25, 0.3) is 0 Å². The highest BCUT2D eigenvalue weighted by molar-refractivity contribution is 7.57. The van der Waals surface area contributed by atoms with Gasteiger partial charge in [0, 0.05) is 0 Å². The van der Waals surface area contributed by atoms with Gasteiger partial charge in [-0.05, 0) is 6.92 Å². The maximum atomic E-state index is 9.96. The van der Waals surface area contributed by atoms with Crippen LogP contribution >= 0.6 is 16.4 Å². The summed E-state index contributed by atoms with van der Waals surface area (Å²) in [6.07, 6.45) is 0. The molecule has 0 aromatic heterocycles. The summed E-state index contributed by atoms with van der Waals surface area (Å²) in [4.78, 5) is 24.7. The second-order valence-corrected chi connectivity index (χ2v) is 3.60.